The van der Waals surface area contributed by atoms with Crippen molar-refractivity contribution in [3.05, 3.63) is 77.9 Å². The van der Waals surface area contributed by atoms with E-state index < -0.39 is 5.60 Å². The molecule has 1 fully saturated rings. The zero-order chi connectivity index (χ0) is 25.7. The molecule has 0 spiro atoms. The van der Waals surface area contributed by atoms with Gasteiger partial charge in [-0.3, -0.25) is 4.98 Å². The van der Waals surface area contributed by atoms with E-state index in [9.17, 15) is 9.50 Å². The minimum atomic E-state index is -1.00. The summed E-state index contributed by atoms with van der Waals surface area (Å²) in [6.07, 6.45) is 5.38. The van der Waals surface area contributed by atoms with Gasteiger partial charge >= 0.3 is 0 Å². The molecule has 4 heterocycles. The van der Waals surface area contributed by atoms with Crippen LogP contribution in [-0.2, 0) is 17.4 Å². The average molecular weight is 500 g/mol. The summed E-state index contributed by atoms with van der Waals surface area (Å²) in [6.45, 7) is 4.98. The molecule has 1 N–H and O–H groups in total. The average Bonchev–Trinajstić information content (AvgIpc) is 3.46. The van der Waals surface area contributed by atoms with Crippen molar-refractivity contribution < 1.29 is 14.2 Å². The first-order chi connectivity index (χ1) is 17.8. The van der Waals surface area contributed by atoms with Crippen molar-refractivity contribution in [1.29, 1.82) is 0 Å². The number of benzene rings is 2. The normalized spacial score (nSPS) is 16.0. The third-order valence-corrected chi connectivity index (χ3v) is 7.56. The molecule has 1 aliphatic rings. The van der Waals surface area contributed by atoms with E-state index in [1.54, 1.807) is 24.7 Å². The van der Waals surface area contributed by atoms with Crippen LogP contribution in [-0.4, -0.2) is 42.9 Å². The highest BCUT2D eigenvalue weighted by molar-refractivity contribution is 6.07. The first-order valence-electron chi connectivity index (χ1n) is 12.7. The molecule has 190 valence electrons. The largest absolute Gasteiger partial charge is 0.386 e. The van der Waals surface area contributed by atoms with Crippen LogP contribution in [0, 0.1) is 11.7 Å². The van der Waals surface area contributed by atoms with Crippen LogP contribution in [0.2, 0.25) is 0 Å². The Labute approximate surface area is 214 Å². The highest BCUT2D eigenvalue weighted by Crippen LogP contribution is 2.42. The van der Waals surface area contributed by atoms with Gasteiger partial charge in [0.15, 0.2) is 0 Å². The van der Waals surface area contributed by atoms with E-state index in [1.807, 2.05) is 37.5 Å². The van der Waals surface area contributed by atoms with Crippen molar-refractivity contribution in [2.24, 2.45) is 13.0 Å². The Morgan fingerprint density at radius 3 is 2.46 bits per heavy atom. The van der Waals surface area contributed by atoms with Gasteiger partial charge in [-0.05, 0) is 68.0 Å². The van der Waals surface area contributed by atoms with Crippen molar-refractivity contribution >= 4 is 21.9 Å². The number of aromatic nitrogens is 5. The van der Waals surface area contributed by atoms with Crippen LogP contribution in [0.5, 0.6) is 0 Å². The second-order valence-corrected chi connectivity index (χ2v) is 10.4. The Morgan fingerprint density at radius 1 is 1.03 bits per heavy atom. The number of ether oxygens (including phenoxy) is 1. The lowest BCUT2D eigenvalue weighted by molar-refractivity contribution is 0.0552. The van der Waals surface area contributed by atoms with Gasteiger partial charge in [0.25, 0.3) is 0 Å². The summed E-state index contributed by atoms with van der Waals surface area (Å²) in [4.78, 5) is 4.92. The summed E-state index contributed by atoms with van der Waals surface area (Å²) in [5.74, 6) is 0.0273. The predicted molar refractivity (Wildman–Crippen MR) is 141 cm³/mol. The fourth-order valence-corrected chi connectivity index (χ4v) is 5.60. The molecule has 0 radical (unpaired) electrons. The molecule has 1 aliphatic heterocycles. The van der Waals surface area contributed by atoms with Crippen LogP contribution in [0.4, 0.5) is 4.39 Å². The molecule has 0 amide bonds. The summed E-state index contributed by atoms with van der Waals surface area (Å²) in [5, 5.41) is 20.0. The summed E-state index contributed by atoms with van der Waals surface area (Å²) in [5.41, 5.74) is 5.49. The van der Waals surface area contributed by atoms with Crippen LogP contribution in [0.15, 0.2) is 60.9 Å². The molecule has 37 heavy (non-hydrogen) atoms. The molecule has 1 atom stereocenters. The number of aryl methyl sites for hydroxylation is 1. The third-order valence-electron chi connectivity index (χ3n) is 7.56. The predicted octanol–water partition coefficient (Wildman–Crippen LogP) is 5.37. The van der Waals surface area contributed by atoms with Crippen molar-refractivity contribution in [2.45, 2.75) is 38.3 Å². The van der Waals surface area contributed by atoms with Crippen LogP contribution in [0.25, 0.3) is 33.2 Å². The Kier molecular flexibility index (Phi) is 5.81. The van der Waals surface area contributed by atoms with Crippen LogP contribution in [0.1, 0.15) is 43.9 Å². The van der Waals surface area contributed by atoms with Gasteiger partial charge in [0.2, 0.25) is 0 Å². The second-order valence-electron chi connectivity index (χ2n) is 10.4. The summed E-state index contributed by atoms with van der Waals surface area (Å²) < 4.78 is 23.8. The quantitative estimate of drug-likeness (QED) is 0.352. The Hall–Kier alpha value is -3.62. The number of nitrogens with zero attached hydrogens (tertiary/aromatic N) is 5. The zero-order valence-corrected chi connectivity index (χ0v) is 21.2. The number of hydrogen-bond acceptors (Lipinski definition) is 5. The van der Waals surface area contributed by atoms with Crippen LogP contribution < -0.4 is 0 Å². The molecule has 0 aliphatic carbocycles. The molecule has 8 heteroatoms. The smallest absolute Gasteiger partial charge is 0.123 e. The summed E-state index contributed by atoms with van der Waals surface area (Å²) >= 11 is 0. The number of fused-ring (bicyclic) bond motifs is 3. The maximum atomic E-state index is 14.0. The Morgan fingerprint density at radius 2 is 1.78 bits per heavy atom. The molecule has 1 saturated heterocycles. The fraction of sp³-hybridized carbons (Fsp3) is 0.345. The van der Waals surface area contributed by atoms with Gasteiger partial charge in [-0.1, -0.05) is 29.5 Å². The molecule has 7 nitrogen and oxygen atoms in total. The van der Waals surface area contributed by atoms with E-state index in [0.717, 1.165) is 57.2 Å². The number of pyridine rings is 1. The number of hydrogen-bond donors (Lipinski definition) is 1. The lowest BCUT2D eigenvalue weighted by atomic mass is 9.86. The number of rotatable bonds is 5. The van der Waals surface area contributed by atoms with Crippen LogP contribution >= 0.6 is 0 Å². The Bertz CT molecular complexity index is 1580. The SMILES string of the molecule is Cn1nncc1-c1cnc2c3ccc(C(C)(C)O)cc3n(C(c3ccc(F)cc3)C3CCOCC3)c2c1. The molecule has 0 bridgehead atoms. The molecule has 0 saturated carbocycles. The number of aliphatic hydroxyl groups is 1. The molecule has 6 rings (SSSR count). The summed E-state index contributed by atoms with van der Waals surface area (Å²) in [6, 6.07) is 15.0. The van der Waals surface area contributed by atoms with Gasteiger partial charge in [-0.25, -0.2) is 9.07 Å². The van der Waals surface area contributed by atoms with Gasteiger partial charge in [0.05, 0.1) is 40.1 Å². The molecule has 2 aromatic carbocycles. The Balaban J connectivity index is 1.68. The van der Waals surface area contributed by atoms with Crippen molar-refractivity contribution in [3.63, 3.8) is 0 Å². The molecular weight excluding hydrogens is 469 g/mol. The maximum Gasteiger partial charge on any atom is 0.123 e. The van der Waals surface area contributed by atoms with E-state index in [0.29, 0.717) is 13.2 Å². The first-order valence-corrected chi connectivity index (χ1v) is 12.7. The van der Waals surface area contributed by atoms with Crippen molar-refractivity contribution in [2.75, 3.05) is 13.2 Å². The topological polar surface area (TPSA) is 78.0 Å². The van der Waals surface area contributed by atoms with Gasteiger partial charge in [0, 0.05) is 37.4 Å². The van der Waals surface area contributed by atoms with Gasteiger partial charge in [-0.15, -0.1) is 5.10 Å². The van der Waals surface area contributed by atoms with E-state index >= 15 is 0 Å². The fourth-order valence-electron chi connectivity index (χ4n) is 5.60. The van der Waals surface area contributed by atoms with Crippen molar-refractivity contribution in [3.8, 4) is 11.3 Å². The minimum absolute atomic E-state index is 0.0664. The molecular formula is C29H30FN5O2. The lowest BCUT2D eigenvalue weighted by Crippen LogP contribution is -2.27. The second kappa shape index (κ2) is 9.04. The van der Waals surface area contributed by atoms with Crippen LogP contribution in [0.3, 0.4) is 0 Å². The zero-order valence-electron chi connectivity index (χ0n) is 21.2. The molecule has 1 unspecified atom stereocenters. The standard InChI is InChI=1S/C29H30FN5O2/c1-29(2,36)21-6-9-23-24(15-21)35(25-14-20(16-31-27(23)25)26-17-32-33-34(26)3)28(19-10-12-37-13-11-19)18-4-7-22(30)8-5-18/h4-9,14-17,19,28,36H,10-13H2,1-3H3. The monoisotopic (exact) mass is 499 g/mol. The van der Waals surface area contributed by atoms with Gasteiger partial charge in [0.1, 0.15) is 5.82 Å². The van der Waals surface area contributed by atoms with Gasteiger partial charge < -0.3 is 14.4 Å². The maximum absolute atomic E-state index is 14.0. The van der Waals surface area contributed by atoms with E-state index in [2.05, 4.69) is 27.0 Å². The van der Waals surface area contributed by atoms with E-state index in [4.69, 9.17) is 9.72 Å². The number of halogens is 1. The molecule has 5 aromatic rings. The van der Waals surface area contributed by atoms with Crippen molar-refractivity contribution in [1.82, 2.24) is 24.5 Å². The third kappa shape index (κ3) is 4.20. The van der Waals surface area contributed by atoms with E-state index in [1.165, 1.54) is 12.1 Å². The molecule has 3 aromatic heterocycles. The summed E-state index contributed by atoms with van der Waals surface area (Å²) in [7, 11) is 1.86. The van der Waals surface area contributed by atoms with E-state index in [-0.39, 0.29) is 17.8 Å². The first kappa shape index (κ1) is 23.8. The highest BCUT2D eigenvalue weighted by Gasteiger charge is 2.31. The lowest BCUT2D eigenvalue weighted by Gasteiger charge is -2.33. The minimum Gasteiger partial charge on any atom is -0.386 e. The van der Waals surface area contributed by atoms with Gasteiger partial charge in [-0.2, -0.15) is 0 Å². The highest BCUT2D eigenvalue weighted by atomic mass is 19.1.